The lowest BCUT2D eigenvalue weighted by atomic mass is 10.3. The van der Waals surface area contributed by atoms with Gasteiger partial charge in [-0.05, 0) is 35.0 Å². The van der Waals surface area contributed by atoms with Gasteiger partial charge in [0.2, 0.25) is 0 Å². The van der Waals surface area contributed by atoms with Crippen molar-refractivity contribution in [2.45, 2.75) is 6.42 Å². The molecule has 0 amide bonds. The van der Waals surface area contributed by atoms with Gasteiger partial charge in [-0.15, -0.1) is 0 Å². The third kappa shape index (κ3) is 4.47. The highest BCUT2D eigenvalue weighted by Crippen LogP contribution is 2.16. The second-order valence-electron chi connectivity index (χ2n) is 3.44. The summed E-state index contributed by atoms with van der Waals surface area (Å²) in [5.41, 5.74) is 1.09. The van der Waals surface area contributed by atoms with Crippen LogP contribution in [0.25, 0.3) is 6.08 Å². The summed E-state index contributed by atoms with van der Waals surface area (Å²) < 4.78 is 7.81. The lowest BCUT2D eigenvalue weighted by Crippen LogP contribution is -2.19. The fourth-order valence-corrected chi connectivity index (χ4v) is 1.77. The number of nitrogens with zero attached hydrogens (tertiary/aromatic N) is 2. The largest absolute Gasteiger partial charge is 0.383 e. The second kappa shape index (κ2) is 7.60. The molecule has 90 valence electrons. The molecule has 16 heavy (non-hydrogen) atoms. The van der Waals surface area contributed by atoms with Gasteiger partial charge in [-0.25, -0.2) is 0 Å². The average Bonchev–Trinajstić information content (AvgIpc) is 2.59. The van der Waals surface area contributed by atoms with Crippen LogP contribution in [0.2, 0.25) is 0 Å². The lowest BCUT2D eigenvalue weighted by molar-refractivity contribution is 0.199. The Labute approximate surface area is 105 Å². The van der Waals surface area contributed by atoms with Gasteiger partial charge in [-0.3, -0.25) is 4.68 Å². The number of aryl methyl sites for hydroxylation is 1. The van der Waals surface area contributed by atoms with Crippen LogP contribution in [0.4, 0.5) is 0 Å². The molecular formula is C11H18BrN3O. The van der Waals surface area contributed by atoms with Gasteiger partial charge in [-0.1, -0.05) is 6.08 Å². The van der Waals surface area contributed by atoms with Crippen LogP contribution >= 0.6 is 15.9 Å². The monoisotopic (exact) mass is 287 g/mol. The Balaban J connectivity index is 2.22. The van der Waals surface area contributed by atoms with Crippen LogP contribution in [0, 0.1) is 0 Å². The molecule has 1 aromatic heterocycles. The van der Waals surface area contributed by atoms with E-state index < -0.39 is 0 Å². The summed E-state index contributed by atoms with van der Waals surface area (Å²) in [6.45, 7) is 2.63. The van der Waals surface area contributed by atoms with Crippen molar-refractivity contribution in [2.75, 3.05) is 26.8 Å². The molecule has 1 aromatic rings. The standard InChI is InChI=1S/C11H18BrN3O/c1-15-11(10(12)9-14-15)5-3-4-6-13-7-8-16-2/h3,5,9,13H,4,6-8H2,1-2H3/b5-3+. The van der Waals surface area contributed by atoms with E-state index in [0.29, 0.717) is 0 Å². The van der Waals surface area contributed by atoms with Gasteiger partial charge < -0.3 is 10.1 Å². The fraction of sp³-hybridized carbons (Fsp3) is 0.545. The van der Waals surface area contributed by atoms with Crippen molar-refractivity contribution >= 4 is 22.0 Å². The number of ether oxygens (including phenoxy) is 1. The van der Waals surface area contributed by atoms with Gasteiger partial charge >= 0.3 is 0 Å². The zero-order valence-electron chi connectivity index (χ0n) is 9.74. The molecule has 4 nitrogen and oxygen atoms in total. The van der Waals surface area contributed by atoms with E-state index in [2.05, 4.69) is 38.5 Å². The Hall–Kier alpha value is -0.650. The van der Waals surface area contributed by atoms with Crippen LogP contribution in [0.1, 0.15) is 12.1 Å². The van der Waals surface area contributed by atoms with E-state index in [-0.39, 0.29) is 0 Å². The molecule has 0 aromatic carbocycles. The molecule has 0 bridgehead atoms. The number of aromatic nitrogens is 2. The van der Waals surface area contributed by atoms with Gasteiger partial charge in [0.25, 0.3) is 0 Å². The van der Waals surface area contributed by atoms with Gasteiger partial charge in [-0.2, -0.15) is 5.10 Å². The van der Waals surface area contributed by atoms with Gasteiger partial charge in [0, 0.05) is 20.7 Å². The first-order valence-corrected chi connectivity index (χ1v) is 6.08. The van der Waals surface area contributed by atoms with Crippen LogP contribution in [0.3, 0.4) is 0 Å². The number of hydrogen-bond donors (Lipinski definition) is 1. The van der Waals surface area contributed by atoms with E-state index in [1.165, 1.54) is 0 Å². The highest BCUT2D eigenvalue weighted by molar-refractivity contribution is 9.10. The van der Waals surface area contributed by atoms with Crippen LogP contribution in [0.15, 0.2) is 16.7 Å². The number of methoxy groups -OCH3 is 1. The quantitative estimate of drug-likeness (QED) is 0.778. The van der Waals surface area contributed by atoms with E-state index in [4.69, 9.17) is 4.74 Å². The molecule has 0 fully saturated rings. The summed E-state index contributed by atoms with van der Waals surface area (Å²) in [7, 11) is 3.64. The molecule has 0 aliphatic heterocycles. The van der Waals surface area contributed by atoms with E-state index in [1.807, 2.05) is 11.7 Å². The molecule has 0 radical (unpaired) electrons. The Kier molecular flexibility index (Phi) is 6.37. The predicted molar refractivity (Wildman–Crippen MR) is 69.3 cm³/mol. The minimum Gasteiger partial charge on any atom is -0.383 e. The Bertz CT molecular complexity index is 316. The summed E-state index contributed by atoms with van der Waals surface area (Å²) in [5, 5.41) is 7.43. The Morgan fingerprint density at radius 1 is 1.56 bits per heavy atom. The molecule has 0 aliphatic rings. The van der Waals surface area contributed by atoms with Crippen molar-refractivity contribution in [1.29, 1.82) is 0 Å². The van der Waals surface area contributed by atoms with Crippen LogP contribution in [-0.2, 0) is 11.8 Å². The summed E-state index contributed by atoms with van der Waals surface area (Å²) in [6, 6.07) is 0. The van der Waals surface area contributed by atoms with Crippen LogP contribution in [-0.4, -0.2) is 36.6 Å². The minimum atomic E-state index is 0.761. The molecule has 1 N–H and O–H groups in total. The Morgan fingerprint density at radius 2 is 2.38 bits per heavy atom. The molecule has 5 heteroatoms. The smallest absolute Gasteiger partial charge is 0.0745 e. The van der Waals surface area contributed by atoms with E-state index in [9.17, 15) is 0 Å². The summed E-state index contributed by atoms with van der Waals surface area (Å²) in [5.74, 6) is 0. The number of halogens is 1. The van der Waals surface area contributed by atoms with E-state index in [1.54, 1.807) is 13.3 Å². The van der Waals surface area contributed by atoms with Crippen molar-refractivity contribution in [3.05, 3.63) is 22.4 Å². The van der Waals surface area contributed by atoms with Crippen molar-refractivity contribution in [1.82, 2.24) is 15.1 Å². The Morgan fingerprint density at radius 3 is 3.00 bits per heavy atom. The lowest BCUT2D eigenvalue weighted by Gasteiger charge is -2.00. The molecule has 0 saturated heterocycles. The normalized spacial score (nSPS) is 11.4. The molecular weight excluding hydrogens is 270 g/mol. The highest BCUT2D eigenvalue weighted by Gasteiger charge is 2.00. The summed E-state index contributed by atoms with van der Waals surface area (Å²) in [6.07, 6.45) is 7.02. The number of hydrogen-bond acceptors (Lipinski definition) is 3. The maximum atomic E-state index is 4.94. The highest BCUT2D eigenvalue weighted by atomic mass is 79.9. The molecule has 0 spiro atoms. The third-order valence-electron chi connectivity index (χ3n) is 2.18. The third-order valence-corrected chi connectivity index (χ3v) is 2.80. The second-order valence-corrected chi connectivity index (χ2v) is 4.29. The van der Waals surface area contributed by atoms with Gasteiger partial charge in [0.1, 0.15) is 0 Å². The first-order chi connectivity index (χ1) is 7.75. The van der Waals surface area contributed by atoms with Crippen molar-refractivity contribution in [3.63, 3.8) is 0 Å². The fourth-order valence-electron chi connectivity index (χ4n) is 1.29. The zero-order chi connectivity index (χ0) is 11.8. The van der Waals surface area contributed by atoms with Crippen LogP contribution < -0.4 is 5.32 Å². The topological polar surface area (TPSA) is 39.1 Å². The van der Waals surface area contributed by atoms with Gasteiger partial charge in [0.05, 0.1) is 23.0 Å². The molecule has 1 rings (SSSR count). The number of nitrogens with one attached hydrogen (secondary N) is 1. The summed E-state index contributed by atoms with van der Waals surface area (Å²) in [4.78, 5) is 0. The molecule has 0 aliphatic carbocycles. The average molecular weight is 288 g/mol. The van der Waals surface area contributed by atoms with Crippen molar-refractivity contribution < 1.29 is 4.74 Å². The predicted octanol–water partition coefficient (Wildman–Crippen LogP) is 1.82. The SMILES string of the molecule is COCCNCC/C=C/c1c(Br)cnn1C. The molecule has 1 heterocycles. The minimum absolute atomic E-state index is 0.761. The zero-order valence-corrected chi connectivity index (χ0v) is 11.3. The molecule has 0 atom stereocenters. The molecule has 0 saturated carbocycles. The first kappa shape index (κ1) is 13.4. The summed E-state index contributed by atoms with van der Waals surface area (Å²) >= 11 is 3.45. The molecule has 0 unspecified atom stereocenters. The van der Waals surface area contributed by atoms with E-state index in [0.717, 1.165) is 36.3 Å². The van der Waals surface area contributed by atoms with E-state index >= 15 is 0 Å². The van der Waals surface area contributed by atoms with Crippen molar-refractivity contribution in [2.24, 2.45) is 7.05 Å². The maximum Gasteiger partial charge on any atom is 0.0745 e. The first-order valence-electron chi connectivity index (χ1n) is 5.29. The van der Waals surface area contributed by atoms with Gasteiger partial charge in [0.15, 0.2) is 0 Å². The van der Waals surface area contributed by atoms with Crippen LogP contribution in [0.5, 0.6) is 0 Å². The maximum absolute atomic E-state index is 4.94. The van der Waals surface area contributed by atoms with Crippen molar-refractivity contribution in [3.8, 4) is 0 Å². The number of rotatable bonds is 7.